The maximum atomic E-state index is 12.4. The maximum Gasteiger partial charge on any atom is 0.255 e. The topological polar surface area (TPSA) is 82.7 Å². The quantitative estimate of drug-likeness (QED) is 0.529. The van der Waals surface area contributed by atoms with E-state index >= 15 is 0 Å². The van der Waals surface area contributed by atoms with Gasteiger partial charge in [0, 0.05) is 22.6 Å². The minimum Gasteiger partial charge on any atom is -0.356 e. The summed E-state index contributed by atoms with van der Waals surface area (Å²) < 4.78 is 0. The van der Waals surface area contributed by atoms with E-state index in [1.807, 2.05) is 54.6 Å². The van der Waals surface area contributed by atoms with Crippen molar-refractivity contribution in [3.05, 3.63) is 78.4 Å². The Bertz CT molecular complexity index is 1010. The second-order valence-electron chi connectivity index (χ2n) is 5.55. The predicted molar refractivity (Wildman–Crippen MR) is 98.0 cm³/mol. The largest absolute Gasteiger partial charge is 0.356 e. The first-order valence-electron chi connectivity index (χ1n) is 7.82. The van der Waals surface area contributed by atoms with E-state index in [-0.39, 0.29) is 5.91 Å². The molecule has 0 aliphatic carbocycles. The standard InChI is InChI=1S/C19H15N5O/c25-19(13-6-11-17-18(12-13)23-24-22-17)21-16-9-7-15(8-10-16)20-14-4-2-1-3-5-14/h1-12,20H,(H,21,25)(H,22,23,24). The zero-order chi connectivity index (χ0) is 17.1. The molecule has 0 fully saturated rings. The zero-order valence-electron chi connectivity index (χ0n) is 13.2. The van der Waals surface area contributed by atoms with Crippen LogP contribution in [0.4, 0.5) is 17.1 Å². The summed E-state index contributed by atoms with van der Waals surface area (Å²) in [6, 6.07) is 22.7. The number of rotatable bonds is 4. The number of nitrogens with one attached hydrogen (secondary N) is 3. The molecule has 0 aliphatic heterocycles. The van der Waals surface area contributed by atoms with E-state index in [4.69, 9.17) is 0 Å². The van der Waals surface area contributed by atoms with E-state index in [0.717, 1.165) is 22.6 Å². The summed E-state index contributed by atoms with van der Waals surface area (Å²) >= 11 is 0. The van der Waals surface area contributed by atoms with Gasteiger partial charge in [-0.2, -0.15) is 15.4 Å². The van der Waals surface area contributed by atoms with Gasteiger partial charge in [-0.25, -0.2) is 0 Å². The number of para-hydroxylation sites is 1. The SMILES string of the molecule is O=C(Nc1ccc(Nc2ccccc2)cc1)c1ccc2n[nH]nc2c1. The fourth-order valence-corrected chi connectivity index (χ4v) is 2.51. The average Bonchev–Trinajstić information content (AvgIpc) is 3.12. The zero-order valence-corrected chi connectivity index (χ0v) is 13.2. The normalized spacial score (nSPS) is 10.6. The Kier molecular flexibility index (Phi) is 3.84. The van der Waals surface area contributed by atoms with Crippen LogP contribution in [0, 0.1) is 0 Å². The number of amides is 1. The number of nitrogens with zero attached hydrogens (tertiary/aromatic N) is 2. The highest BCUT2D eigenvalue weighted by Gasteiger charge is 2.08. The van der Waals surface area contributed by atoms with Crippen molar-refractivity contribution in [3.63, 3.8) is 0 Å². The van der Waals surface area contributed by atoms with Crippen LogP contribution < -0.4 is 10.6 Å². The molecule has 6 heteroatoms. The minimum absolute atomic E-state index is 0.186. The molecule has 4 rings (SSSR count). The lowest BCUT2D eigenvalue weighted by atomic mass is 10.2. The molecule has 1 aromatic heterocycles. The van der Waals surface area contributed by atoms with Gasteiger partial charge in [-0.15, -0.1) is 0 Å². The smallest absolute Gasteiger partial charge is 0.255 e. The van der Waals surface area contributed by atoms with Gasteiger partial charge >= 0.3 is 0 Å². The van der Waals surface area contributed by atoms with E-state index in [9.17, 15) is 4.79 Å². The van der Waals surface area contributed by atoms with Gasteiger partial charge in [-0.05, 0) is 54.6 Å². The van der Waals surface area contributed by atoms with Crippen LogP contribution >= 0.6 is 0 Å². The molecule has 6 nitrogen and oxygen atoms in total. The lowest BCUT2D eigenvalue weighted by molar-refractivity contribution is 0.102. The van der Waals surface area contributed by atoms with Gasteiger partial charge in [0.25, 0.3) is 5.91 Å². The van der Waals surface area contributed by atoms with E-state index in [2.05, 4.69) is 26.0 Å². The highest BCUT2D eigenvalue weighted by atomic mass is 16.1. The Hall–Kier alpha value is -3.67. The predicted octanol–water partition coefficient (Wildman–Crippen LogP) is 3.95. The lowest BCUT2D eigenvalue weighted by Gasteiger charge is -2.08. The number of aromatic amines is 1. The lowest BCUT2D eigenvalue weighted by Crippen LogP contribution is -2.11. The third kappa shape index (κ3) is 3.32. The molecule has 0 atom stereocenters. The number of fused-ring (bicyclic) bond motifs is 1. The number of aromatic nitrogens is 3. The van der Waals surface area contributed by atoms with Gasteiger partial charge < -0.3 is 10.6 Å². The summed E-state index contributed by atoms with van der Waals surface area (Å²) in [4.78, 5) is 12.4. The first kappa shape index (κ1) is 14.9. The van der Waals surface area contributed by atoms with Crippen LogP contribution in [-0.4, -0.2) is 21.3 Å². The van der Waals surface area contributed by atoms with E-state index in [1.165, 1.54) is 0 Å². The van der Waals surface area contributed by atoms with E-state index < -0.39 is 0 Å². The summed E-state index contributed by atoms with van der Waals surface area (Å²) in [7, 11) is 0. The molecule has 0 spiro atoms. The van der Waals surface area contributed by atoms with Crippen molar-refractivity contribution < 1.29 is 4.79 Å². The molecule has 3 aromatic carbocycles. The number of anilines is 3. The Balaban J connectivity index is 1.46. The van der Waals surface area contributed by atoms with Crippen molar-refractivity contribution in [1.82, 2.24) is 15.4 Å². The molecule has 25 heavy (non-hydrogen) atoms. The van der Waals surface area contributed by atoms with E-state index in [1.54, 1.807) is 18.2 Å². The first-order chi connectivity index (χ1) is 12.3. The van der Waals surface area contributed by atoms with Crippen LogP contribution in [0.5, 0.6) is 0 Å². The van der Waals surface area contributed by atoms with Crippen LogP contribution in [0.25, 0.3) is 11.0 Å². The van der Waals surface area contributed by atoms with Crippen molar-refractivity contribution in [2.45, 2.75) is 0 Å². The van der Waals surface area contributed by atoms with E-state index in [0.29, 0.717) is 11.1 Å². The Morgan fingerprint density at radius 1 is 0.760 bits per heavy atom. The summed E-state index contributed by atoms with van der Waals surface area (Å²) in [6.07, 6.45) is 0. The molecule has 4 aromatic rings. The number of hydrogen-bond acceptors (Lipinski definition) is 4. The van der Waals surface area contributed by atoms with Crippen LogP contribution in [-0.2, 0) is 0 Å². The van der Waals surface area contributed by atoms with Crippen molar-refractivity contribution in [1.29, 1.82) is 0 Å². The molecule has 0 saturated heterocycles. The van der Waals surface area contributed by atoms with Gasteiger partial charge in [0.1, 0.15) is 11.0 Å². The van der Waals surface area contributed by atoms with Gasteiger partial charge in [0.05, 0.1) is 0 Å². The van der Waals surface area contributed by atoms with Crippen LogP contribution in [0.3, 0.4) is 0 Å². The summed E-state index contributed by atoms with van der Waals surface area (Å²) in [5.74, 6) is -0.186. The molecule has 122 valence electrons. The fraction of sp³-hybridized carbons (Fsp3) is 0. The van der Waals surface area contributed by atoms with Crippen LogP contribution in [0.2, 0.25) is 0 Å². The molecule has 3 N–H and O–H groups in total. The first-order valence-corrected chi connectivity index (χ1v) is 7.82. The molecule has 1 amide bonds. The molecule has 0 radical (unpaired) electrons. The third-order valence-corrected chi connectivity index (χ3v) is 3.78. The summed E-state index contributed by atoms with van der Waals surface area (Å²) in [5, 5.41) is 16.7. The van der Waals surface area contributed by atoms with Gasteiger partial charge in [-0.3, -0.25) is 4.79 Å². The van der Waals surface area contributed by atoms with Crippen molar-refractivity contribution in [2.75, 3.05) is 10.6 Å². The molecule has 0 bridgehead atoms. The molecule has 0 saturated carbocycles. The molecule has 0 aliphatic rings. The van der Waals surface area contributed by atoms with Crippen LogP contribution in [0.1, 0.15) is 10.4 Å². The Morgan fingerprint density at radius 3 is 2.24 bits per heavy atom. The molecule has 1 heterocycles. The number of H-pyrrole nitrogens is 1. The number of hydrogen-bond donors (Lipinski definition) is 3. The monoisotopic (exact) mass is 329 g/mol. The fourth-order valence-electron chi connectivity index (χ4n) is 2.51. The third-order valence-electron chi connectivity index (χ3n) is 3.78. The molecular weight excluding hydrogens is 314 g/mol. The van der Waals surface area contributed by atoms with Crippen molar-refractivity contribution >= 4 is 34.0 Å². The van der Waals surface area contributed by atoms with Gasteiger partial charge in [0.15, 0.2) is 0 Å². The summed E-state index contributed by atoms with van der Waals surface area (Å²) in [6.45, 7) is 0. The highest BCUT2D eigenvalue weighted by molar-refractivity contribution is 6.05. The summed E-state index contributed by atoms with van der Waals surface area (Å²) in [5.41, 5.74) is 4.62. The Labute approximate surface area is 143 Å². The minimum atomic E-state index is -0.186. The van der Waals surface area contributed by atoms with Crippen molar-refractivity contribution in [3.8, 4) is 0 Å². The number of carbonyl (C=O) groups excluding carboxylic acids is 1. The number of benzene rings is 3. The highest BCUT2D eigenvalue weighted by Crippen LogP contribution is 2.19. The second kappa shape index (κ2) is 6.45. The van der Waals surface area contributed by atoms with Gasteiger partial charge in [-0.1, -0.05) is 18.2 Å². The molecular formula is C19H15N5O. The molecule has 0 unspecified atom stereocenters. The van der Waals surface area contributed by atoms with Crippen LogP contribution in [0.15, 0.2) is 72.8 Å². The Morgan fingerprint density at radius 2 is 1.44 bits per heavy atom. The van der Waals surface area contributed by atoms with Crippen molar-refractivity contribution in [2.24, 2.45) is 0 Å². The number of carbonyl (C=O) groups is 1. The second-order valence-corrected chi connectivity index (χ2v) is 5.55. The maximum absolute atomic E-state index is 12.4. The van der Waals surface area contributed by atoms with Gasteiger partial charge in [0.2, 0.25) is 0 Å². The average molecular weight is 329 g/mol.